The summed E-state index contributed by atoms with van der Waals surface area (Å²) in [5, 5.41) is 5.57. The number of carbonyl (C=O) groups is 1. The number of amides is 1. The highest BCUT2D eigenvalue weighted by Crippen LogP contribution is 2.20. The Bertz CT molecular complexity index is 976. The molecular formula is C17H15ClN3O4+. The number of nitrogens with zero attached hydrogens (tertiary/aromatic N) is 1. The van der Waals surface area contributed by atoms with E-state index in [-0.39, 0.29) is 5.69 Å². The van der Waals surface area contributed by atoms with E-state index in [1.165, 1.54) is 4.68 Å². The quantitative estimate of drug-likeness (QED) is 0.699. The van der Waals surface area contributed by atoms with Gasteiger partial charge in [-0.2, -0.15) is 0 Å². The van der Waals surface area contributed by atoms with Gasteiger partial charge < -0.3 is 10.1 Å². The van der Waals surface area contributed by atoms with Gasteiger partial charge in [0.1, 0.15) is 5.75 Å². The van der Waals surface area contributed by atoms with E-state index in [9.17, 15) is 9.59 Å². The number of aromatic nitrogens is 2. The lowest BCUT2D eigenvalue weighted by molar-refractivity contribution is -0.672. The zero-order valence-corrected chi connectivity index (χ0v) is 14.3. The van der Waals surface area contributed by atoms with Gasteiger partial charge in [0.05, 0.1) is 7.11 Å². The van der Waals surface area contributed by atoms with Crippen molar-refractivity contribution in [1.82, 2.24) is 5.27 Å². The number of carbonyl (C=O) groups excluding carboxylic acids is 1. The molecule has 0 spiro atoms. The molecule has 1 heterocycles. The van der Waals surface area contributed by atoms with Crippen molar-refractivity contribution >= 4 is 23.2 Å². The number of ether oxygens (including phenoxy) is 1. The molecule has 0 fully saturated rings. The first-order valence-corrected chi connectivity index (χ1v) is 7.73. The standard InChI is InChI=1S/C17H14ClN3O4/c1-10-3-4-11(9-14(10)18)19-16(22)15-17(23)25-20-21(15)12-5-7-13(24-2)8-6-12/h3-9H,1-2H3,(H-,19,20,22,23)/p+1. The number of methoxy groups -OCH3 is 1. The molecule has 0 aliphatic heterocycles. The molecule has 0 aliphatic carbocycles. The first-order valence-electron chi connectivity index (χ1n) is 7.35. The molecule has 2 N–H and O–H groups in total. The number of aryl methyl sites for hydroxylation is 1. The molecule has 0 radical (unpaired) electrons. The third kappa shape index (κ3) is 3.41. The highest BCUT2D eigenvalue weighted by atomic mass is 35.5. The lowest BCUT2D eigenvalue weighted by Gasteiger charge is -2.04. The highest BCUT2D eigenvalue weighted by molar-refractivity contribution is 6.31. The Balaban J connectivity index is 1.93. The number of hydrogen-bond acceptors (Lipinski definition) is 4. The molecule has 8 heteroatoms. The van der Waals surface area contributed by atoms with Crippen LogP contribution in [0.15, 0.2) is 51.8 Å². The summed E-state index contributed by atoms with van der Waals surface area (Å²) >= 11 is 6.05. The van der Waals surface area contributed by atoms with Crippen LogP contribution in [-0.2, 0) is 0 Å². The first kappa shape index (κ1) is 16.8. The second-order valence-corrected chi connectivity index (χ2v) is 5.69. The monoisotopic (exact) mass is 360 g/mol. The number of hydrogen-bond donors (Lipinski definition) is 2. The van der Waals surface area contributed by atoms with E-state index < -0.39 is 11.5 Å². The minimum Gasteiger partial charge on any atom is -0.497 e. The number of aromatic amines is 1. The summed E-state index contributed by atoms with van der Waals surface area (Å²) in [5.74, 6) is 0.0289. The van der Waals surface area contributed by atoms with Crippen LogP contribution in [0.3, 0.4) is 0 Å². The molecule has 3 rings (SSSR count). The van der Waals surface area contributed by atoms with E-state index in [4.69, 9.17) is 20.9 Å². The summed E-state index contributed by atoms with van der Waals surface area (Å²) in [7, 11) is 1.55. The van der Waals surface area contributed by atoms with Gasteiger partial charge in [-0.15, -0.1) is 0 Å². The summed E-state index contributed by atoms with van der Waals surface area (Å²) in [4.78, 5) is 24.5. The molecular weight excluding hydrogens is 346 g/mol. The van der Waals surface area contributed by atoms with Crippen LogP contribution in [0.4, 0.5) is 5.69 Å². The average molecular weight is 361 g/mol. The maximum Gasteiger partial charge on any atom is 0.441 e. The van der Waals surface area contributed by atoms with Crippen LogP contribution in [0.5, 0.6) is 5.75 Å². The van der Waals surface area contributed by atoms with Crippen molar-refractivity contribution in [3.8, 4) is 11.4 Å². The topological polar surface area (TPSA) is 88.2 Å². The van der Waals surface area contributed by atoms with Gasteiger partial charge in [0.25, 0.3) is 0 Å². The number of H-pyrrole nitrogens is 1. The van der Waals surface area contributed by atoms with E-state index in [0.29, 0.717) is 22.1 Å². The third-order valence-electron chi connectivity index (χ3n) is 3.62. The van der Waals surface area contributed by atoms with Gasteiger partial charge in [-0.1, -0.05) is 17.7 Å². The summed E-state index contributed by atoms with van der Waals surface area (Å²) in [5.41, 5.74) is 0.920. The van der Waals surface area contributed by atoms with Crippen molar-refractivity contribution in [2.24, 2.45) is 0 Å². The van der Waals surface area contributed by atoms with Gasteiger partial charge in [-0.25, -0.2) is 4.79 Å². The lowest BCUT2D eigenvalue weighted by Crippen LogP contribution is -2.42. The Morgan fingerprint density at radius 3 is 2.60 bits per heavy atom. The number of nitrogens with one attached hydrogen (secondary N) is 2. The molecule has 128 valence electrons. The van der Waals surface area contributed by atoms with Gasteiger partial charge in [-0.3, -0.25) is 9.32 Å². The van der Waals surface area contributed by atoms with Crippen LogP contribution in [0.2, 0.25) is 5.02 Å². The highest BCUT2D eigenvalue weighted by Gasteiger charge is 2.31. The molecule has 0 bridgehead atoms. The van der Waals surface area contributed by atoms with Crippen molar-refractivity contribution < 1.29 is 18.7 Å². The second-order valence-electron chi connectivity index (χ2n) is 5.28. The third-order valence-corrected chi connectivity index (χ3v) is 4.03. The number of halogens is 1. The van der Waals surface area contributed by atoms with E-state index in [2.05, 4.69) is 10.6 Å². The van der Waals surface area contributed by atoms with Gasteiger partial charge in [0, 0.05) is 22.8 Å². The lowest BCUT2D eigenvalue weighted by atomic mass is 10.2. The van der Waals surface area contributed by atoms with Gasteiger partial charge in [-0.05, 0) is 46.7 Å². The van der Waals surface area contributed by atoms with Gasteiger partial charge in [0.2, 0.25) is 5.69 Å². The molecule has 0 atom stereocenters. The predicted molar refractivity (Wildman–Crippen MR) is 91.6 cm³/mol. The molecule has 1 aromatic heterocycles. The Kier molecular flexibility index (Phi) is 4.58. The minimum atomic E-state index is -0.786. The fourth-order valence-electron chi connectivity index (χ4n) is 2.24. The summed E-state index contributed by atoms with van der Waals surface area (Å²) in [6, 6.07) is 11.9. The summed E-state index contributed by atoms with van der Waals surface area (Å²) < 4.78 is 11.1. The maximum absolute atomic E-state index is 12.5. The maximum atomic E-state index is 12.5. The first-order chi connectivity index (χ1) is 12.0. The predicted octanol–water partition coefficient (Wildman–Crippen LogP) is 2.47. The van der Waals surface area contributed by atoms with Crippen LogP contribution >= 0.6 is 11.6 Å². The van der Waals surface area contributed by atoms with Crippen molar-refractivity contribution in [1.29, 1.82) is 0 Å². The Hall–Kier alpha value is -3.06. The molecule has 0 aliphatic rings. The number of benzene rings is 2. The average Bonchev–Trinajstić information content (AvgIpc) is 3.00. The Morgan fingerprint density at radius 1 is 1.24 bits per heavy atom. The van der Waals surface area contributed by atoms with Crippen LogP contribution in [-0.4, -0.2) is 18.3 Å². The van der Waals surface area contributed by atoms with Crippen molar-refractivity contribution in [2.45, 2.75) is 6.92 Å². The summed E-state index contributed by atoms with van der Waals surface area (Å²) in [6.07, 6.45) is 0. The number of anilines is 1. The smallest absolute Gasteiger partial charge is 0.441 e. The van der Waals surface area contributed by atoms with E-state index in [1.54, 1.807) is 49.6 Å². The van der Waals surface area contributed by atoms with Gasteiger partial charge >= 0.3 is 17.2 Å². The second kappa shape index (κ2) is 6.82. The SMILES string of the molecule is COc1ccc(-[n+]2[nH]oc(=O)c2C(=O)Nc2ccc(C)c(Cl)c2)cc1. The van der Waals surface area contributed by atoms with Crippen molar-refractivity contribution in [2.75, 3.05) is 12.4 Å². The van der Waals surface area contributed by atoms with Crippen LogP contribution in [0.1, 0.15) is 16.1 Å². The van der Waals surface area contributed by atoms with E-state index in [0.717, 1.165) is 5.56 Å². The Morgan fingerprint density at radius 2 is 1.96 bits per heavy atom. The van der Waals surface area contributed by atoms with Crippen molar-refractivity contribution in [3.63, 3.8) is 0 Å². The van der Waals surface area contributed by atoms with E-state index in [1.807, 2.05) is 6.92 Å². The summed E-state index contributed by atoms with van der Waals surface area (Å²) in [6.45, 7) is 1.85. The van der Waals surface area contributed by atoms with Crippen LogP contribution < -0.4 is 20.4 Å². The van der Waals surface area contributed by atoms with Crippen molar-refractivity contribution in [3.05, 3.63) is 69.2 Å². The normalized spacial score (nSPS) is 10.5. The molecule has 1 amide bonds. The zero-order valence-electron chi connectivity index (χ0n) is 13.5. The molecule has 2 aromatic carbocycles. The van der Waals surface area contributed by atoms with Crippen LogP contribution in [0, 0.1) is 6.92 Å². The fraction of sp³-hybridized carbons (Fsp3) is 0.118. The zero-order chi connectivity index (χ0) is 18.0. The van der Waals surface area contributed by atoms with Gasteiger partial charge in [0.15, 0.2) is 0 Å². The molecule has 0 unspecified atom stereocenters. The molecule has 3 aromatic rings. The van der Waals surface area contributed by atoms with Crippen LogP contribution in [0.25, 0.3) is 5.69 Å². The Labute approximate surface area is 147 Å². The number of rotatable bonds is 4. The molecule has 25 heavy (non-hydrogen) atoms. The molecule has 0 saturated carbocycles. The minimum absolute atomic E-state index is 0.193. The molecule has 7 nitrogen and oxygen atoms in total. The molecule has 0 saturated heterocycles. The fourth-order valence-corrected chi connectivity index (χ4v) is 2.42. The largest absolute Gasteiger partial charge is 0.497 e. The van der Waals surface area contributed by atoms with E-state index >= 15 is 0 Å².